The Hall–Kier alpha value is -1.87. The molecule has 0 aromatic heterocycles. The van der Waals surface area contributed by atoms with E-state index < -0.39 is 0 Å². The van der Waals surface area contributed by atoms with Gasteiger partial charge in [0.05, 0.1) is 13.2 Å². The topological polar surface area (TPSA) is 35.5 Å². The van der Waals surface area contributed by atoms with Crippen molar-refractivity contribution in [3.8, 4) is 0 Å². The number of benzene rings is 1. The molecule has 132 valence electrons. The first-order valence-corrected chi connectivity index (χ1v) is 8.67. The Labute approximate surface area is 146 Å². The van der Waals surface area contributed by atoms with Gasteiger partial charge in [0.2, 0.25) is 0 Å². The van der Waals surface area contributed by atoms with E-state index in [1.165, 1.54) is 5.56 Å². The van der Waals surface area contributed by atoms with Crippen molar-refractivity contribution in [3.63, 3.8) is 0 Å². The molecule has 1 rings (SSSR count). The molecule has 24 heavy (non-hydrogen) atoms. The van der Waals surface area contributed by atoms with Gasteiger partial charge in [0.1, 0.15) is 0 Å². The van der Waals surface area contributed by atoms with Gasteiger partial charge in [-0.1, -0.05) is 49.4 Å². The Bertz CT molecular complexity index is 531. The third kappa shape index (κ3) is 8.68. The lowest BCUT2D eigenvalue weighted by atomic mass is 9.95. The van der Waals surface area contributed by atoms with Crippen LogP contribution in [0.2, 0.25) is 0 Å². The molecule has 0 aliphatic rings. The van der Waals surface area contributed by atoms with Gasteiger partial charge >= 0.3 is 5.97 Å². The fourth-order valence-corrected chi connectivity index (χ4v) is 2.33. The molecule has 0 aliphatic carbocycles. The lowest BCUT2D eigenvalue weighted by molar-refractivity contribution is -0.137. The van der Waals surface area contributed by atoms with Crippen LogP contribution in [0.25, 0.3) is 0 Å². The highest BCUT2D eigenvalue weighted by atomic mass is 16.5. The average molecular weight is 330 g/mol. The van der Waals surface area contributed by atoms with Gasteiger partial charge in [0.25, 0.3) is 0 Å². The monoisotopic (exact) mass is 330 g/mol. The average Bonchev–Trinajstić information content (AvgIpc) is 2.56. The van der Waals surface area contributed by atoms with Crippen LogP contribution in [0.5, 0.6) is 0 Å². The van der Waals surface area contributed by atoms with Crippen molar-refractivity contribution < 1.29 is 14.3 Å². The minimum Gasteiger partial charge on any atom is -0.463 e. The molecule has 3 heteroatoms. The Balaban J connectivity index is 2.29. The molecule has 0 spiro atoms. The second-order valence-electron chi connectivity index (χ2n) is 6.17. The van der Waals surface area contributed by atoms with Crippen LogP contribution >= 0.6 is 0 Å². The van der Waals surface area contributed by atoms with Crippen LogP contribution in [0.3, 0.4) is 0 Å². The van der Waals surface area contributed by atoms with Crippen molar-refractivity contribution in [1.82, 2.24) is 0 Å². The lowest BCUT2D eigenvalue weighted by Crippen LogP contribution is -2.05. The van der Waals surface area contributed by atoms with E-state index >= 15 is 0 Å². The number of carbonyl (C=O) groups is 1. The third-order valence-electron chi connectivity index (χ3n) is 3.90. The molecule has 1 aromatic rings. The summed E-state index contributed by atoms with van der Waals surface area (Å²) in [6.45, 7) is 11.7. The SMILES string of the molecule is C=C(C)/C(=C\C(=O)OCC)CCC(C)CCOCc1ccccc1. The highest BCUT2D eigenvalue weighted by Crippen LogP contribution is 2.20. The molecule has 1 aromatic carbocycles. The number of esters is 1. The Kier molecular flexibility index (Phi) is 9.78. The van der Waals surface area contributed by atoms with Crippen molar-refractivity contribution >= 4 is 5.97 Å². The van der Waals surface area contributed by atoms with E-state index in [-0.39, 0.29) is 5.97 Å². The molecule has 0 saturated heterocycles. The maximum Gasteiger partial charge on any atom is 0.331 e. The van der Waals surface area contributed by atoms with Crippen LogP contribution in [0.15, 0.2) is 54.1 Å². The molecule has 0 heterocycles. The van der Waals surface area contributed by atoms with Crippen molar-refractivity contribution in [2.24, 2.45) is 5.92 Å². The number of hydrogen-bond donors (Lipinski definition) is 0. The smallest absolute Gasteiger partial charge is 0.331 e. The molecule has 1 unspecified atom stereocenters. The summed E-state index contributed by atoms with van der Waals surface area (Å²) < 4.78 is 10.7. The summed E-state index contributed by atoms with van der Waals surface area (Å²) in [6.07, 6.45) is 4.43. The summed E-state index contributed by atoms with van der Waals surface area (Å²) in [5.74, 6) is 0.250. The maximum atomic E-state index is 11.6. The van der Waals surface area contributed by atoms with Crippen LogP contribution in [-0.4, -0.2) is 19.2 Å². The van der Waals surface area contributed by atoms with Crippen LogP contribution < -0.4 is 0 Å². The molecule has 0 N–H and O–H groups in total. The standard InChI is InChI=1S/C21H30O3/c1-5-24-21(22)15-20(17(2)3)12-11-18(4)13-14-23-16-19-9-7-6-8-10-19/h6-10,15,18H,2,5,11-14,16H2,1,3-4H3/b20-15-. The minimum atomic E-state index is -0.283. The van der Waals surface area contributed by atoms with E-state index in [9.17, 15) is 4.79 Å². The van der Waals surface area contributed by atoms with Crippen molar-refractivity contribution in [2.75, 3.05) is 13.2 Å². The third-order valence-corrected chi connectivity index (χ3v) is 3.90. The molecule has 3 nitrogen and oxygen atoms in total. The fourth-order valence-electron chi connectivity index (χ4n) is 2.33. The van der Waals surface area contributed by atoms with Gasteiger partial charge in [0, 0.05) is 12.7 Å². The predicted molar refractivity (Wildman–Crippen MR) is 98.6 cm³/mol. The van der Waals surface area contributed by atoms with E-state index in [1.54, 1.807) is 6.08 Å². The second-order valence-corrected chi connectivity index (χ2v) is 6.17. The van der Waals surface area contributed by atoms with E-state index in [4.69, 9.17) is 9.47 Å². The van der Waals surface area contributed by atoms with Crippen LogP contribution in [-0.2, 0) is 20.9 Å². The van der Waals surface area contributed by atoms with E-state index in [2.05, 4.69) is 25.6 Å². The summed E-state index contributed by atoms with van der Waals surface area (Å²) in [4.78, 5) is 11.6. The Morgan fingerprint density at radius 1 is 1.25 bits per heavy atom. The lowest BCUT2D eigenvalue weighted by Gasteiger charge is -2.13. The minimum absolute atomic E-state index is 0.283. The van der Waals surface area contributed by atoms with Gasteiger partial charge in [0.15, 0.2) is 0 Å². The fraction of sp³-hybridized carbons (Fsp3) is 0.476. The molecule has 0 amide bonds. The molecule has 0 fully saturated rings. The zero-order valence-corrected chi connectivity index (χ0v) is 15.2. The molecule has 0 saturated carbocycles. The first-order valence-electron chi connectivity index (χ1n) is 8.67. The zero-order valence-electron chi connectivity index (χ0n) is 15.2. The molecular formula is C21H30O3. The first kappa shape index (κ1) is 20.2. The van der Waals surface area contributed by atoms with Gasteiger partial charge in [-0.15, -0.1) is 0 Å². The quantitative estimate of drug-likeness (QED) is 0.246. The highest BCUT2D eigenvalue weighted by Gasteiger charge is 2.08. The highest BCUT2D eigenvalue weighted by molar-refractivity contribution is 5.83. The number of ether oxygens (including phenoxy) is 2. The number of carbonyl (C=O) groups excluding carboxylic acids is 1. The maximum absolute atomic E-state index is 11.6. The largest absolute Gasteiger partial charge is 0.463 e. The van der Waals surface area contributed by atoms with Crippen molar-refractivity contribution in [1.29, 1.82) is 0 Å². The van der Waals surface area contributed by atoms with Crippen LogP contribution in [0.1, 0.15) is 45.6 Å². The number of hydrogen-bond acceptors (Lipinski definition) is 3. The van der Waals surface area contributed by atoms with Crippen molar-refractivity contribution in [2.45, 2.75) is 46.6 Å². The second kappa shape index (κ2) is 11.6. The predicted octanol–water partition coefficient (Wildman–Crippen LogP) is 5.08. The molecule has 0 bridgehead atoms. The summed E-state index contributed by atoms with van der Waals surface area (Å²) in [7, 11) is 0. The molecule has 1 atom stereocenters. The van der Waals surface area contributed by atoms with Gasteiger partial charge in [-0.25, -0.2) is 4.79 Å². The molecule has 0 radical (unpaired) electrons. The number of allylic oxidation sites excluding steroid dienone is 2. The number of rotatable bonds is 11. The van der Waals surface area contributed by atoms with E-state index in [0.29, 0.717) is 19.1 Å². The Morgan fingerprint density at radius 3 is 2.58 bits per heavy atom. The van der Waals surface area contributed by atoms with E-state index in [0.717, 1.165) is 37.0 Å². The first-order chi connectivity index (χ1) is 11.5. The Morgan fingerprint density at radius 2 is 1.96 bits per heavy atom. The van der Waals surface area contributed by atoms with Crippen molar-refractivity contribution in [3.05, 3.63) is 59.7 Å². The normalized spacial score (nSPS) is 12.7. The van der Waals surface area contributed by atoms with Crippen LogP contribution in [0, 0.1) is 5.92 Å². The zero-order chi connectivity index (χ0) is 17.8. The molecule has 0 aliphatic heterocycles. The summed E-state index contributed by atoms with van der Waals surface area (Å²) in [5, 5.41) is 0. The molecular weight excluding hydrogens is 300 g/mol. The van der Waals surface area contributed by atoms with Gasteiger partial charge in [-0.2, -0.15) is 0 Å². The van der Waals surface area contributed by atoms with Crippen LogP contribution in [0.4, 0.5) is 0 Å². The van der Waals surface area contributed by atoms with Gasteiger partial charge in [-0.3, -0.25) is 0 Å². The van der Waals surface area contributed by atoms with E-state index in [1.807, 2.05) is 32.0 Å². The summed E-state index contributed by atoms with van der Waals surface area (Å²) in [6, 6.07) is 10.2. The van der Waals surface area contributed by atoms with Gasteiger partial charge in [-0.05, 0) is 50.2 Å². The summed E-state index contributed by atoms with van der Waals surface area (Å²) in [5.41, 5.74) is 3.10. The summed E-state index contributed by atoms with van der Waals surface area (Å²) >= 11 is 0. The van der Waals surface area contributed by atoms with Gasteiger partial charge < -0.3 is 9.47 Å².